The molecule has 0 saturated heterocycles. The zero-order chi connectivity index (χ0) is 11.4. The lowest BCUT2D eigenvalue weighted by Gasteiger charge is -2.18. The first-order valence-electron chi connectivity index (χ1n) is 4.68. The van der Waals surface area contributed by atoms with E-state index in [4.69, 9.17) is 10.8 Å². The number of carbonyl (C=O) groups excluding carboxylic acids is 1. The molecule has 0 aliphatic heterocycles. The van der Waals surface area contributed by atoms with Gasteiger partial charge in [0.15, 0.2) is 0 Å². The molecule has 1 aliphatic carbocycles. The van der Waals surface area contributed by atoms with Gasteiger partial charge in [-0.15, -0.1) is 12.4 Å². The van der Waals surface area contributed by atoms with E-state index in [1.54, 1.807) is 13.0 Å². The van der Waals surface area contributed by atoms with Crippen molar-refractivity contribution in [2.24, 2.45) is 5.73 Å². The van der Waals surface area contributed by atoms with Gasteiger partial charge in [0.2, 0.25) is 5.91 Å². The van der Waals surface area contributed by atoms with E-state index in [0.717, 1.165) is 0 Å². The number of amides is 1. The molecule has 0 aromatic rings. The summed E-state index contributed by atoms with van der Waals surface area (Å²) in [6.07, 6.45) is 5.35. The third-order valence-corrected chi connectivity index (χ3v) is 2.06. The van der Waals surface area contributed by atoms with Crippen LogP contribution in [0.25, 0.3) is 0 Å². The minimum Gasteiger partial charge on any atom is -0.478 e. The molecule has 0 radical (unpaired) electrons. The van der Waals surface area contributed by atoms with Crippen molar-refractivity contribution in [2.45, 2.75) is 25.4 Å². The predicted octanol–water partition coefficient (Wildman–Crippen LogP) is 0.211. The summed E-state index contributed by atoms with van der Waals surface area (Å²) < 4.78 is 0. The van der Waals surface area contributed by atoms with E-state index < -0.39 is 12.0 Å². The lowest BCUT2D eigenvalue weighted by atomic mass is 10.0. The molecule has 1 aliphatic rings. The number of hydrogen-bond acceptors (Lipinski definition) is 3. The largest absolute Gasteiger partial charge is 0.478 e. The van der Waals surface area contributed by atoms with Gasteiger partial charge in [0, 0.05) is 0 Å². The highest BCUT2D eigenvalue weighted by Crippen LogP contribution is 2.10. The number of rotatable bonds is 3. The molecule has 4 N–H and O–H groups in total. The Hall–Kier alpha value is -1.33. The number of nitrogens with two attached hydrogens (primary N) is 1. The Kier molecular flexibility index (Phi) is 5.77. The first kappa shape index (κ1) is 14.7. The molecule has 0 aromatic carbocycles. The van der Waals surface area contributed by atoms with E-state index in [1.807, 2.05) is 0 Å². The van der Waals surface area contributed by atoms with Gasteiger partial charge in [0.1, 0.15) is 0 Å². The van der Waals surface area contributed by atoms with Crippen LogP contribution in [0, 0.1) is 0 Å². The number of aliphatic carboxylic acids is 1. The van der Waals surface area contributed by atoms with Crippen molar-refractivity contribution in [3.05, 3.63) is 23.8 Å². The van der Waals surface area contributed by atoms with Crippen LogP contribution in [0.1, 0.15) is 13.3 Å². The Morgan fingerprint density at radius 1 is 1.62 bits per heavy atom. The molecule has 0 heterocycles. The highest BCUT2D eigenvalue weighted by atomic mass is 35.5. The van der Waals surface area contributed by atoms with Gasteiger partial charge >= 0.3 is 5.97 Å². The standard InChI is InChI=1S/C10H14N2O3.ClH/c1-6(11)9(13)12-8-4-2-3-7(5-8)10(14)15;/h2-3,5-6,8H,4,11H2,1H3,(H,12,13)(H,14,15);1H/t6-,8?;/m0./s1. The Morgan fingerprint density at radius 3 is 2.75 bits per heavy atom. The van der Waals surface area contributed by atoms with E-state index in [0.29, 0.717) is 6.42 Å². The molecule has 0 fully saturated rings. The van der Waals surface area contributed by atoms with Gasteiger partial charge in [-0.25, -0.2) is 4.79 Å². The predicted molar refractivity (Wildman–Crippen MR) is 62.3 cm³/mol. The third kappa shape index (κ3) is 4.04. The molecule has 0 spiro atoms. The molecule has 1 unspecified atom stereocenters. The zero-order valence-electron chi connectivity index (χ0n) is 8.84. The summed E-state index contributed by atoms with van der Waals surface area (Å²) in [5.41, 5.74) is 5.57. The minimum absolute atomic E-state index is 0. The summed E-state index contributed by atoms with van der Waals surface area (Å²) in [4.78, 5) is 21.9. The Balaban J connectivity index is 0.00000225. The summed E-state index contributed by atoms with van der Waals surface area (Å²) in [6.45, 7) is 1.58. The average Bonchev–Trinajstić information content (AvgIpc) is 2.18. The molecule has 2 atom stereocenters. The lowest BCUT2D eigenvalue weighted by Crippen LogP contribution is -2.43. The molecule has 6 heteroatoms. The number of carbonyl (C=O) groups is 2. The van der Waals surface area contributed by atoms with Gasteiger partial charge in [0.25, 0.3) is 0 Å². The van der Waals surface area contributed by atoms with Crippen molar-refractivity contribution in [3.63, 3.8) is 0 Å². The fourth-order valence-electron chi connectivity index (χ4n) is 1.24. The number of carboxylic acid groups (broad SMARTS) is 1. The van der Waals surface area contributed by atoms with Crippen LogP contribution in [0.4, 0.5) is 0 Å². The second kappa shape index (κ2) is 6.30. The summed E-state index contributed by atoms with van der Waals surface area (Å²) >= 11 is 0. The molecule has 0 saturated carbocycles. The van der Waals surface area contributed by atoms with Crippen LogP contribution in [-0.2, 0) is 9.59 Å². The van der Waals surface area contributed by atoms with Crippen molar-refractivity contribution in [3.8, 4) is 0 Å². The Morgan fingerprint density at radius 2 is 2.25 bits per heavy atom. The molecule has 1 rings (SSSR count). The molecule has 1 amide bonds. The number of halogens is 1. The van der Waals surface area contributed by atoms with E-state index in [-0.39, 0.29) is 29.9 Å². The third-order valence-electron chi connectivity index (χ3n) is 2.06. The second-order valence-electron chi connectivity index (χ2n) is 3.47. The van der Waals surface area contributed by atoms with Gasteiger partial charge in [-0.2, -0.15) is 0 Å². The second-order valence-corrected chi connectivity index (χ2v) is 3.47. The number of carboxylic acids is 1. The SMILES string of the molecule is C[C@H](N)C(=O)NC1C=C(C(=O)O)C=CC1.Cl. The van der Waals surface area contributed by atoms with Crippen LogP contribution in [0.3, 0.4) is 0 Å². The molecular weight excluding hydrogens is 232 g/mol. The van der Waals surface area contributed by atoms with Crippen LogP contribution in [0.15, 0.2) is 23.8 Å². The van der Waals surface area contributed by atoms with Crippen molar-refractivity contribution in [1.29, 1.82) is 0 Å². The molecule has 0 aromatic heterocycles. The van der Waals surface area contributed by atoms with Crippen LogP contribution in [-0.4, -0.2) is 29.1 Å². The van der Waals surface area contributed by atoms with Gasteiger partial charge < -0.3 is 16.2 Å². The highest BCUT2D eigenvalue weighted by Gasteiger charge is 2.16. The molecule has 16 heavy (non-hydrogen) atoms. The quantitative estimate of drug-likeness (QED) is 0.664. The van der Waals surface area contributed by atoms with E-state index in [2.05, 4.69) is 5.32 Å². The lowest BCUT2D eigenvalue weighted by molar-refractivity contribution is -0.132. The van der Waals surface area contributed by atoms with E-state index >= 15 is 0 Å². The number of hydrogen-bond donors (Lipinski definition) is 3. The summed E-state index contributed by atoms with van der Waals surface area (Å²) in [7, 11) is 0. The maximum Gasteiger partial charge on any atom is 0.335 e. The van der Waals surface area contributed by atoms with Gasteiger partial charge in [-0.05, 0) is 19.4 Å². The summed E-state index contributed by atoms with van der Waals surface area (Å²) in [5, 5.41) is 11.4. The van der Waals surface area contributed by atoms with Gasteiger partial charge in [-0.1, -0.05) is 12.2 Å². The molecular formula is C10H15ClN2O3. The fraction of sp³-hybridized carbons (Fsp3) is 0.400. The minimum atomic E-state index is -0.994. The monoisotopic (exact) mass is 246 g/mol. The average molecular weight is 247 g/mol. The molecule has 90 valence electrons. The smallest absolute Gasteiger partial charge is 0.335 e. The van der Waals surface area contributed by atoms with Crippen molar-refractivity contribution in [2.75, 3.05) is 0 Å². The normalized spacial score (nSPS) is 20.4. The van der Waals surface area contributed by atoms with Crippen molar-refractivity contribution < 1.29 is 14.7 Å². The van der Waals surface area contributed by atoms with Crippen LogP contribution in [0.2, 0.25) is 0 Å². The van der Waals surface area contributed by atoms with Gasteiger partial charge in [-0.3, -0.25) is 4.79 Å². The van der Waals surface area contributed by atoms with Gasteiger partial charge in [0.05, 0.1) is 17.7 Å². The highest BCUT2D eigenvalue weighted by molar-refractivity contribution is 5.90. The van der Waals surface area contributed by atoms with E-state index in [1.165, 1.54) is 12.2 Å². The van der Waals surface area contributed by atoms with Crippen molar-refractivity contribution in [1.82, 2.24) is 5.32 Å². The molecule has 0 bridgehead atoms. The maximum atomic E-state index is 11.3. The number of nitrogens with one attached hydrogen (secondary N) is 1. The first-order valence-corrected chi connectivity index (χ1v) is 4.68. The van der Waals surface area contributed by atoms with E-state index in [9.17, 15) is 9.59 Å². The maximum absolute atomic E-state index is 11.3. The summed E-state index contributed by atoms with van der Waals surface area (Å²) in [6, 6.07) is -0.864. The van der Waals surface area contributed by atoms with Crippen LogP contribution in [0.5, 0.6) is 0 Å². The fourth-order valence-corrected chi connectivity index (χ4v) is 1.24. The van der Waals surface area contributed by atoms with Crippen LogP contribution < -0.4 is 11.1 Å². The Labute approximate surface area is 99.8 Å². The van der Waals surface area contributed by atoms with Crippen LogP contribution >= 0.6 is 12.4 Å². The first-order chi connectivity index (χ1) is 7.00. The Bertz CT molecular complexity index is 337. The molecule has 5 nitrogen and oxygen atoms in total. The van der Waals surface area contributed by atoms with Crippen molar-refractivity contribution >= 4 is 24.3 Å². The topological polar surface area (TPSA) is 92.4 Å². The summed E-state index contributed by atoms with van der Waals surface area (Å²) in [5.74, 6) is -1.28. The zero-order valence-corrected chi connectivity index (χ0v) is 9.66.